The molecule has 1 saturated heterocycles. The summed E-state index contributed by atoms with van der Waals surface area (Å²) in [6.45, 7) is 5.10. The molecule has 2 heteroatoms. The van der Waals surface area contributed by atoms with Crippen LogP contribution in [0.3, 0.4) is 0 Å². The van der Waals surface area contributed by atoms with Gasteiger partial charge >= 0.3 is 0 Å². The van der Waals surface area contributed by atoms with Crippen LogP contribution in [0.1, 0.15) is 14.8 Å². The van der Waals surface area contributed by atoms with E-state index < -0.39 is 0 Å². The second-order valence-corrected chi connectivity index (χ2v) is 2.11. The van der Waals surface area contributed by atoms with Crippen LogP contribution in [-0.4, -0.2) is 25.8 Å². The van der Waals surface area contributed by atoms with Crippen molar-refractivity contribution in [1.82, 2.24) is 5.32 Å². The van der Waals surface area contributed by atoms with Crippen LogP contribution in [-0.2, 0) is 4.74 Å². The third-order valence-corrected chi connectivity index (χ3v) is 1.46. The van der Waals surface area contributed by atoms with E-state index >= 15 is 0 Å². The molecule has 1 aliphatic heterocycles. The predicted molar refractivity (Wildman–Crippen MR) is 35.0 cm³/mol. The van der Waals surface area contributed by atoms with Gasteiger partial charge < -0.3 is 10.1 Å². The van der Waals surface area contributed by atoms with Gasteiger partial charge in [-0.05, 0) is 6.42 Å². The Kier molecular flexibility index (Phi) is 2.30. The van der Waals surface area contributed by atoms with Crippen LogP contribution >= 0.6 is 0 Å². The van der Waals surface area contributed by atoms with Crippen molar-refractivity contribution in [2.45, 2.75) is 19.4 Å². The molecule has 1 fully saturated rings. The highest BCUT2D eigenvalue weighted by Crippen LogP contribution is 1.98. The first kappa shape index (κ1) is 6.05. The van der Waals surface area contributed by atoms with E-state index in [0.717, 1.165) is 26.1 Å². The van der Waals surface area contributed by atoms with Crippen molar-refractivity contribution < 1.29 is 6.16 Å². The summed E-state index contributed by atoms with van der Waals surface area (Å²) in [5.74, 6) is 0. The molecule has 1 aliphatic rings. The molecule has 0 unspecified atom stereocenters. The average Bonchev–Trinajstić information content (AvgIpc) is 1.90. The Morgan fingerprint density at radius 3 is 3.12 bits per heavy atom. The summed E-state index contributed by atoms with van der Waals surface area (Å²) in [7, 11) is 0. The van der Waals surface area contributed by atoms with Crippen molar-refractivity contribution in [1.29, 1.82) is 0 Å². The van der Waals surface area contributed by atoms with E-state index in [-0.39, 0.29) is 1.43 Å². The Balaban J connectivity index is 0.000000640. The molecule has 0 radical (unpaired) electrons. The summed E-state index contributed by atoms with van der Waals surface area (Å²) in [4.78, 5) is 0. The number of morpholine rings is 1. The second kappa shape index (κ2) is 3.05. The Morgan fingerprint density at radius 1 is 1.88 bits per heavy atom. The van der Waals surface area contributed by atoms with E-state index in [0.29, 0.717) is 6.10 Å². The minimum Gasteiger partial charge on any atom is -0.376 e. The van der Waals surface area contributed by atoms with Gasteiger partial charge in [-0.3, -0.25) is 0 Å². The summed E-state index contributed by atoms with van der Waals surface area (Å²) >= 11 is 0. The molecule has 2 nitrogen and oxygen atoms in total. The van der Waals surface area contributed by atoms with Crippen LogP contribution in [0.15, 0.2) is 0 Å². The third kappa shape index (κ3) is 1.46. The molecule has 1 heterocycles. The quantitative estimate of drug-likeness (QED) is 0.544. The van der Waals surface area contributed by atoms with Crippen LogP contribution in [0.2, 0.25) is 0 Å². The van der Waals surface area contributed by atoms with E-state index in [9.17, 15) is 0 Å². The van der Waals surface area contributed by atoms with Crippen molar-refractivity contribution in [2.24, 2.45) is 0 Å². The minimum absolute atomic E-state index is 0. The van der Waals surface area contributed by atoms with Gasteiger partial charge in [-0.25, -0.2) is 0 Å². The molecule has 0 bridgehead atoms. The summed E-state index contributed by atoms with van der Waals surface area (Å²) in [5, 5.41) is 3.26. The molecule has 0 spiro atoms. The summed E-state index contributed by atoms with van der Waals surface area (Å²) in [5.41, 5.74) is 0. The lowest BCUT2D eigenvalue weighted by molar-refractivity contribution is 0.0267. The molecule has 0 aromatic carbocycles. The minimum atomic E-state index is 0. The van der Waals surface area contributed by atoms with Crippen LogP contribution in [0, 0.1) is 0 Å². The van der Waals surface area contributed by atoms with Crippen LogP contribution in [0.25, 0.3) is 0 Å². The van der Waals surface area contributed by atoms with Crippen molar-refractivity contribution >= 4 is 0 Å². The van der Waals surface area contributed by atoms with Gasteiger partial charge in [0.1, 0.15) is 0 Å². The lowest BCUT2D eigenvalue weighted by Gasteiger charge is -2.21. The van der Waals surface area contributed by atoms with E-state index in [1.807, 2.05) is 0 Å². The van der Waals surface area contributed by atoms with Gasteiger partial charge in [-0.1, -0.05) is 6.92 Å². The SMILES string of the molecule is CC[C@@H]1CNCCO1.[HH]. The van der Waals surface area contributed by atoms with Crippen molar-refractivity contribution in [3.05, 3.63) is 0 Å². The van der Waals surface area contributed by atoms with Gasteiger partial charge in [-0.2, -0.15) is 0 Å². The lowest BCUT2D eigenvalue weighted by Crippen LogP contribution is -2.37. The molecule has 0 saturated carbocycles. The van der Waals surface area contributed by atoms with Gasteiger partial charge in [0.05, 0.1) is 12.7 Å². The highest BCUT2D eigenvalue weighted by molar-refractivity contribution is 4.63. The van der Waals surface area contributed by atoms with E-state index in [1.54, 1.807) is 0 Å². The normalized spacial score (nSPS) is 30.4. The first-order chi connectivity index (χ1) is 3.93. The maximum absolute atomic E-state index is 5.36. The van der Waals surface area contributed by atoms with Gasteiger partial charge in [0.25, 0.3) is 0 Å². The van der Waals surface area contributed by atoms with Gasteiger partial charge in [0.15, 0.2) is 0 Å². The van der Waals surface area contributed by atoms with Crippen LogP contribution < -0.4 is 5.32 Å². The van der Waals surface area contributed by atoms with Crippen molar-refractivity contribution in [2.75, 3.05) is 19.7 Å². The second-order valence-electron chi connectivity index (χ2n) is 2.11. The average molecular weight is 117 g/mol. The number of ether oxygens (including phenoxy) is 1. The lowest BCUT2D eigenvalue weighted by atomic mass is 10.2. The fourth-order valence-corrected chi connectivity index (χ4v) is 0.882. The third-order valence-electron chi connectivity index (χ3n) is 1.46. The van der Waals surface area contributed by atoms with Crippen molar-refractivity contribution in [3.8, 4) is 0 Å². The van der Waals surface area contributed by atoms with Crippen LogP contribution in [0.5, 0.6) is 0 Å². The number of hydrogen-bond donors (Lipinski definition) is 1. The summed E-state index contributed by atoms with van der Waals surface area (Å²) < 4.78 is 5.36. The Bertz CT molecular complexity index is 64.1. The van der Waals surface area contributed by atoms with Crippen molar-refractivity contribution in [3.63, 3.8) is 0 Å². The zero-order chi connectivity index (χ0) is 5.82. The molecule has 8 heavy (non-hydrogen) atoms. The first-order valence-corrected chi connectivity index (χ1v) is 3.26. The fraction of sp³-hybridized carbons (Fsp3) is 1.00. The fourth-order valence-electron chi connectivity index (χ4n) is 0.882. The predicted octanol–water partition coefficient (Wildman–Crippen LogP) is 0.631. The Labute approximate surface area is 51.7 Å². The number of nitrogens with one attached hydrogen (secondary N) is 1. The maximum Gasteiger partial charge on any atom is 0.0697 e. The van der Waals surface area contributed by atoms with E-state index in [4.69, 9.17) is 4.74 Å². The van der Waals surface area contributed by atoms with Gasteiger partial charge in [0.2, 0.25) is 0 Å². The molecule has 1 rings (SSSR count). The molecule has 0 aromatic heterocycles. The monoisotopic (exact) mass is 117 g/mol. The largest absolute Gasteiger partial charge is 0.376 e. The molecule has 0 aliphatic carbocycles. The molecular formula is C6H15NO. The Morgan fingerprint density at radius 2 is 2.75 bits per heavy atom. The van der Waals surface area contributed by atoms with Gasteiger partial charge in [-0.15, -0.1) is 0 Å². The number of hydrogen-bond acceptors (Lipinski definition) is 2. The van der Waals surface area contributed by atoms with E-state index in [2.05, 4.69) is 12.2 Å². The maximum atomic E-state index is 5.36. The first-order valence-electron chi connectivity index (χ1n) is 3.26. The zero-order valence-electron chi connectivity index (χ0n) is 5.31. The summed E-state index contributed by atoms with van der Waals surface area (Å²) in [6, 6.07) is 0. The highest BCUT2D eigenvalue weighted by atomic mass is 16.5. The number of rotatable bonds is 1. The molecule has 0 amide bonds. The van der Waals surface area contributed by atoms with Crippen LogP contribution in [0.4, 0.5) is 0 Å². The summed E-state index contributed by atoms with van der Waals surface area (Å²) in [6.07, 6.45) is 1.61. The molecule has 0 aromatic rings. The molecular weight excluding hydrogens is 102 g/mol. The smallest absolute Gasteiger partial charge is 0.0697 e. The highest BCUT2D eigenvalue weighted by Gasteiger charge is 2.08. The molecule has 1 atom stereocenters. The van der Waals surface area contributed by atoms with Gasteiger partial charge in [0, 0.05) is 14.5 Å². The molecule has 1 N–H and O–H groups in total. The Hall–Kier alpha value is -0.0800. The topological polar surface area (TPSA) is 21.3 Å². The standard InChI is InChI=1S/C6H13NO.H2/c1-2-6-5-7-3-4-8-6;/h6-7H,2-5H2,1H3;1H/t6-;/m1./s1. The molecule has 50 valence electrons. The zero-order valence-corrected chi connectivity index (χ0v) is 5.31. The van der Waals surface area contributed by atoms with E-state index in [1.165, 1.54) is 0 Å².